The third-order valence-corrected chi connectivity index (χ3v) is 4.79. The van der Waals surface area contributed by atoms with Gasteiger partial charge in [0.15, 0.2) is 0 Å². The Morgan fingerprint density at radius 3 is 2.64 bits per heavy atom. The van der Waals surface area contributed by atoms with Gasteiger partial charge in [-0.3, -0.25) is 4.79 Å². The van der Waals surface area contributed by atoms with E-state index in [1.165, 1.54) is 0 Å². The summed E-state index contributed by atoms with van der Waals surface area (Å²) in [4.78, 5) is 14.8. The number of nitrogens with zero attached hydrogens (tertiary/aromatic N) is 1. The minimum absolute atomic E-state index is 0.122. The Kier molecular flexibility index (Phi) is 5.24. The molecule has 128 valence electrons. The molecule has 0 unspecified atom stereocenters. The van der Waals surface area contributed by atoms with E-state index in [4.69, 9.17) is 4.74 Å². The first kappa shape index (κ1) is 17.3. The molecule has 0 aromatic heterocycles. The average Bonchev–Trinajstić information content (AvgIpc) is 2.63. The van der Waals surface area contributed by atoms with E-state index >= 15 is 0 Å². The molecule has 2 aromatic carbocycles. The molecule has 25 heavy (non-hydrogen) atoms. The van der Waals surface area contributed by atoms with E-state index in [1.54, 1.807) is 7.11 Å². The zero-order valence-electron chi connectivity index (χ0n) is 14.1. The zero-order chi connectivity index (χ0) is 17.8. The Bertz CT molecular complexity index is 858. The van der Waals surface area contributed by atoms with Crippen LogP contribution in [0.5, 0.6) is 5.75 Å². The van der Waals surface area contributed by atoms with Crippen LogP contribution >= 0.6 is 15.9 Å². The number of hydrogen-bond donors (Lipinski definition) is 1. The van der Waals surface area contributed by atoms with Gasteiger partial charge in [0.2, 0.25) is 0 Å². The number of rotatable bonds is 4. The first-order chi connectivity index (χ1) is 12.1. The van der Waals surface area contributed by atoms with Gasteiger partial charge in [0.25, 0.3) is 5.91 Å². The van der Waals surface area contributed by atoms with E-state index in [-0.39, 0.29) is 5.91 Å². The molecule has 1 amide bonds. The van der Waals surface area contributed by atoms with Gasteiger partial charge in [-0.1, -0.05) is 30.3 Å². The maximum absolute atomic E-state index is 12.8. The smallest absolute Gasteiger partial charge is 0.253 e. The Morgan fingerprint density at radius 1 is 1.16 bits per heavy atom. The summed E-state index contributed by atoms with van der Waals surface area (Å²) in [5.74, 6) is 0.520. The zero-order valence-corrected chi connectivity index (χ0v) is 15.7. The van der Waals surface area contributed by atoms with Crippen LogP contribution in [-0.2, 0) is 4.79 Å². The molecule has 0 radical (unpaired) electrons. The first-order valence-electron chi connectivity index (χ1n) is 7.96. The number of anilines is 2. The van der Waals surface area contributed by atoms with Gasteiger partial charge in [0, 0.05) is 21.9 Å². The highest BCUT2D eigenvalue weighted by Gasteiger charge is 2.21. The fourth-order valence-corrected chi connectivity index (χ4v) is 3.27. The molecule has 0 fully saturated rings. The number of para-hydroxylation sites is 3. The number of amides is 1. The number of ether oxygens (including phenoxy) is 1. The van der Waals surface area contributed by atoms with Crippen molar-refractivity contribution in [2.75, 3.05) is 17.3 Å². The summed E-state index contributed by atoms with van der Waals surface area (Å²) in [6.07, 6.45) is 4.58. The molecule has 1 aliphatic rings. The lowest BCUT2D eigenvalue weighted by Gasteiger charge is -2.28. The van der Waals surface area contributed by atoms with E-state index in [1.807, 2.05) is 72.6 Å². The average molecular weight is 399 g/mol. The number of carbonyl (C=O) groups excluding carboxylic acids is 1. The van der Waals surface area contributed by atoms with Crippen molar-refractivity contribution in [1.82, 2.24) is 0 Å². The lowest BCUT2D eigenvalue weighted by Crippen LogP contribution is -2.25. The van der Waals surface area contributed by atoms with Crippen LogP contribution in [0.15, 0.2) is 76.5 Å². The second-order valence-electron chi connectivity index (χ2n) is 5.63. The molecule has 4 nitrogen and oxygen atoms in total. The van der Waals surface area contributed by atoms with E-state index in [0.29, 0.717) is 17.9 Å². The number of hydrogen-bond acceptors (Lipinski definition) is 3. The standard InChI is InChI=1S/C20H19BrN2O2/c1-14-15(20(24)22-17-10-4-6-12-19(17)25-2)8-7-13-23(14)18-11-5-3-9-16(18)21/h3-7,9-13H,8H2,1-2H3,(H,22,24). The summed E-state index contributed by atoms with van der Waals surface area (Å²) in [6.45, 7) is 1.96. The van der Waals surface area contributed by atoms with Crippen molar-refractivity contribution in [2.45, 2.75) is 13.3 Å². The summed E-state index contributed by atoms with van der Waals surface area (Å²) >= 11 is 3.57. The topological polar surface area (TPSA) is 41.6 Å². The van der Waals surface area contributed by atoms with Crippen molar-refractivity contribution in [2.24, 2.45) is 0 Å². The molecular formula is C20H19BrN2O2. The molecule has 2 aromatic rings. The third-order valence-electron chi connectivity index (χ3n) is 4.12. The normalized spacial score (nSPS) is 13.8. The molecule has 0 atom stereocenters. The second-order valence-corrected chi connectivity index (χ2v) is 6.48. The summed E-state index contributed by atoms with van der Waals surface area (Å²) in [7, 11) is 1.59. The minimum atomic E-state index is -0.122. The minimum Gasteiger partial charge on any atom is -0.495 e. The number of nitrogens with one attached hydrogen (secondary N) is 1. The highest BCUT2D eigenvalue weighted by atomic mass is 79.9. The van der Waals surface area contributed by atoms with E-state index < -0.39 is 0 Å². The van der Waals surface area contributed by atoms with Crippen LogP contribution in [0.2, 0.25) is 0 Å². The fourth-order valence-electron chi connectivity index (χ4n) is 2.79. The predicted octanol–water partition coefficient (Wildman–Crippen LogP) is 5.09. The number of methoxy groups -OCH3 is 1. The summed E-state index contributed by atoms with van der Waals surface area (Å²) in [5, 5.41) is 2.95. The second kappa shape index (κ2) is 7.57. The molecule has 1 heterocycles. The van der Waals surface area contributed by atoms with E-state index in [0.717, 1.165) is 21.4 Å². The Morgan fingerprint density at radius 2 is 1.88 bits per heavy atom. The molecule has 0 bridgehead atoms. The number of benzene rings is 2. The molecule has 0 aliphatic carbocycles. The van der Waals surface area contributed by atoms with Gasteiger partial charge in [-0.2, -0.15) is 0 Å². The molecular weight excluding hydrogens is 380 g/mol. The van der Waals surface area contributed by atoms with Crippen LogP contribution in [0.25, 0.3) is 0 Å². The monoisotopic (exact) mass is 398 g/mol. The Labute approximate surface area is 155 Å². The van der Waals surface area contributed by atoms with Crippen LogP contribution in [0.4, 0.5) is 11.4 Å². The van der Waals surface area contributed by atoms with Gasteiger partial charge in [-0.05, 0) is 53.5 Å². The highest BCUT2D eigenvalue weighted by Crippen LogP contribution is 2.33. The summed E-state index contributed by atoms with van der Waals surface area (Å²) < 4.78 is 6.28. The fraction of sp³-hybridized carbons (Fsp3) is 0.150. The summed E-state index contributed by atoms with van der Waals surface area (Å²) in [5.41, 5.74) is 3.29. The SMILES string of the molecule is COc1ccccc1NC(=O)C1=C(C)N(c2ccccc2Br)C=CC1. The Hall–Kier alpha value is -2.53. The van der Waals surface area contributed by atoms with Crippen molar-refractivity contribution in [1.29, 1.82) is 0 Å². The maximum atomic E-state index is 12.8. The molecule has 1 N–H and O–H groups in total. The largest absolute Gasteiger partial charge is 0.495 e. The van der Waals surface area contributed by atoms with Crippen molar-refractivity contribution in [3.05, 3.63) is 76.5 Å². The lowest BCUT2D eigenvalue weighted by atomic mass is 10.0. The van der Waals surface area contributed by atoms with Gasteiger partial charge < -0.3 is 15.0 Å². The molecule has 1 aliphatic heterocycles. The highest BCUT2D eigenvalue weighted by molar-refractivity contribution is 9.10. The van der Waals surface area contributed by atoms with Gasteiger partial charge in [-0.15, -0.1) is 0 Å². The molecule has 0 saturated heterocycles. The van der Waals surface area contributed by atoms with Crippen LogP contribution in [0.3, 0.4) is 0 Å². The molecule has 0 saturated carbocycles. The van der Waals surface area contributed by atoms with Crippen molar-refractivity contribution in [3.63, 3.8) is 0 Å². The first-order valence-corrected chi connectivity index (χ1v) is 8.75. The number of allylic oxidation sites excluding steroid dienone is 2. The van der Waals surface area contributed by atoms with Gasteiger partial charge in [0.05, 0.1) is 18.5 Å². The van der Waals surface area contributed by atoms with Crippen LogP contribution in [0.1, 0.15) is 13.3 Å². The molecule has 3 rings (SSSR count). The Balaban J connectivity index is 1.89. The lowest BCUT2D eigenvalue weighted by molar-refractivity contribution is -0.113. The van der Waals surface area contributed by atoms with Crippen molar-refractivity contribution < 1.29 is 9.53 Å². The third kappa shape index (κ3) is 3.61. The van der Waals surface area contributed by atoms with Crippen molar-refractivity contribution >= 4 is 33.2 Å². The number of halogens is 1. The van der Waals surface area contributed by atoms with Crippen LogP contribution in [-0.4, -0.2) is 13.0 Å². The van der Waals surface area contributed by atoms with E-state index in [2.05, 4.69) is 21.2 Å². The van der Waals surface area contributed by atoms with Gasteiger partial charge >= 0.3 is 0 Å². The molecule has 5 heteroatoms. The van der Waals surface area contributed by atoms with Crippen molar-refractivity contribution in [3.8, 4) is 5.75 Å². The molecule has 0 spiro atoms. The van der Waals surface area contributed by atoms with Gasteiger partial charge in [-0.25, -0.2) is 0 Å². The predicted molar refractivity (Wildman–Crippen MR) is 105 cm³/mol. The summed E-state index contributed by atoms with van der Waals surface area (Å²) in [6, 6.07) is 15.3. The van der Waals surface area contributed by atoms with Crippen LogP contribution in [0, 0.1) is 0 Å². The van der Waals surface area contributed by atoms with Gasteiger partial charge in [0.1, 0.15) is 5.75 Å². The number of carbonyl (C=O) groups is 1. The maximum Gasteiger partial charge on any atom is 0.253 e. The quantitative estimate of drug-likeness (QED) is 0.779. The van der Waals surface area contributed by atoms with E-state index in [9.17, 15) is 4.79 Å². The van der Waals surface area contributed by atoms with Crippen LogP contribution < -0.4 is 15.0 Å².